The molecular weight excluding hydrogens is 605 g/mol. The van der Waals surface area contributed by atoms with Crippen molar-refractivity contribution in [3.8, 4) is 5.75 Å². The highest BCUT2D eigenvalue weighted by molar-refractivity contribution is 7.52. The van der Waals surface area contributed by atoms with E-state index in [1.807, 2.05) is 12.1 Å². The highest BCUT2D eigenvalue weighted by atomic mass is 31.2. The van der Waals surface area contributed by atoms with E-state index < -0.39 is 63.2 Å². The predicted molar refractivity (Wildman–Crippen MR) is 154 cm³/mol. The maximum atomic E-state index is 14.2. The summed E-state index contributed by atoms with van der Waals surface area (Å²) in [5.41, 5.74) is 5.77. The van der Waals surface area contributed by atoms with E-state index in [2.05, 4.69) is 20.0 Å². The summed E-state index contributed by atoms with van der Waals surface area (Å²) in [6.45, 7) is 3.40. The maximum absolute atomic E-state index is 14.2. The predicted octanol–water partition coefficient (Wildman–Crippen LogP) is 2.79. The number of esters is 1. The molecule has 2 heterocycles. The zero-order valence-corrected chi connectivity index (χ0v) is 24.8. The molecule has 6 unspecified atom stereocenters. The molecule has 0 saturated heterocycles. The number of nitrogen functional groups attached to an aromatic ring is 1. The summed E-state index contributed by atoms with van der Waals surface area (Å²) in [4.78, 5) is 24.1. The maximum Gasteiger partial charge on any atom is 0.459 e. The van der Waals surface area contributed by atoms with Gasteiger partial charge in [-0.25, -0.2) is 28.3 Å². The van der Waals surface area contributed by atoms with Crippen molar-refractivity contribution in [2.75, 3.05) is 12.3 Å². The molecule has 0 spiro atoms. The smallest absolute Gasteiger partial charge is 0.459 e. The number of hydrogen-bond donors (Lipinski definition) is 5. The first kappa shape index (κ1) is 33.1. The number of carbonyl (C=O) groups excluding carboxylic acids is 1. The molecule has 0 amide bonds. The average Bonchev–Trinajstić information content (AvgIpc) is 3.41. The molecule has 2 aromatic heterocycles. The summed E-state index contributed by atoms with van der Waals surface area (Å²) < 4.78 is 59.3. The van der Waals surface area contributed by atoms with Crippen LogP contribution in [0.4, 0.5) is 14.6 Å². The second-order valence-corrected chi connectivity index (χ2v) is 11.9. The van der Waals surface area contributed by atoms with Crippen LogP contribution < -0.4 is 15.3 Å². The molecule has 4 aromatic rings. The number of anilines is 1. The van der Waals surface area contributed by atoms with Gasteiger partial charge in [0.25, 0.3) is 0 Å². The second kappa shape index (κ2) is 13.9. The van der Waals surface area contributed by atoms with Gasteiger partial charge in [-0.05, 0) is 43.7 Å². The molecule has 2 aromatic carbocycles. The van der Waals surface area contributed by atoms with Crippen LogP contribution >= 0.6 is 7.75 Å². The first-order valence-electron chi connectivity index (χ1n) is 13.5. The number of aliphatic hydroxyl groups excluding tert-OH is 3. The van der Waals surface area contributed by atoms with Crippen molar-refractivity contribution >= 4 is 41.5 Å². The minimum atomic E-state index is -4.63. The molecule has 0 radical (unpaired) electrons. The number of benzene rings is 2. The van der Waals surface area contributed by atoms with Crippen LogP contribution in [0.15, 0.2) is 55.1 Å². The number of hydrogen-bond acceptors (Lipinski definition) is 12. The number of nitrogens with zero attached hydrogens (tertiary/aromatic N) is 4. The van der Waals surface area contributed by atoms with Gasteiger partial charge in [-0.15, -0.1) is 0 Å². The van der Waals surface area contributed by atoms with Crippen LogP contribution in [0.25, 0.3) is 21.9 Å². The van der Waals surface area contributed by atoms with E-state index in [4.69, 9.17) is 19.5 Å². The summed E-state index contributed by atoms with van der Waals surface area (Å²) in [7, 11) is -4.63. The van der Waals surface area contributed by atoms with E-state index in [1.165, 1.54) is 19.1 Å². The molecule has 0 bridgehead atoms. The number of fused-ring (bicyclic) bond motifs is 2. The Kier molecular flexibility index (Phi) is 10.4. The fourth-order valence-corrected chi connectivity index (χ4v) is 5.76. The molecule has 6 atom stereocenters. The third-order valence-electron chi connectivity index (χ3n) is 6.53. The van der Waals surface area contributed by atoms with Crippen LogP contribution in [0.1, 0.15) is 27.0 Å². The minimum Gasteiger partial charge on any atom is -0.462 e. The van der Waals surface area contributed by atoms with E-state index in [0.717, 1.165) is 22.6 Å². The van der Waals surface area contributed by atoms with Crippen molar-refractivity contribution in [3.05, 3.63) is 55.1 Å². The van der Waals surface area contributed by atoms with Crippen LogP contribution in [-0.4, -0.2) is 78.2 Å². The highest BCUT2D eigenvalue weighted by Gasteiger charge is 2.41. The Morgan fingerprint density at radius 1 is 1.05 bits per heavy atom. The molecule has 14 nitrogen and oxygen atoms in total. The number of nitrogens with one attached hydrogen (secondary N) is 1. The van der Waals surface area contributed by atoms with Gasteiger partial charge >= 0.3 is 13.7 Å². The van der Waals surface area contributed by atoms with Gasteiger partial charge in [0.15, 0.2) is 17.7 Å². The number of ether oxygens (including phenoxy) is 1. The van der Waals surface area contributed by atoms with Gasteiger partial charge in [0.05, 0.1) is 31.1 Å². The van der Waals surface area contributed by atoms with Crippen molar-refractivity contribution in [2.24, 2.45) is 5.92 Å². The molecule has 238 valence electrons. The lowest BCUT2D eigenvalue weighted by Gasteiger charge is -2.30. The summed E-state index contributed by atoms with van der Waals surface area (Å²) in [5, 5.41) is 36.1. The van der Waals surface area contributed by atoms with Gasteiger partial charge in [0.1, 0.15) is 29.7 Å². The van der Waals surface area contributed by atoms with Crippen LogP contribution in [0.2, 0.25) is 0 Å². The summed E-state index contributed by atoms with van der Waals surface area (Å²) in [6, 6.07) is 10.6. The monoisotopic (exact) mass is 638 g/mol. The van der Waals surface area contributed by atoms with E-state index in [0.29, 0.717) is 5.39 Å². The van der Waals surface area contributed by atoms with Crippen LogP contribution in [0.5, 0.6) is 5.75 Å². The summed E-state index contributed by atoms with van der Waals surface area (Å²) in [5.74, 6) is -3.01. The second-order valence-electron chi connectivity index (χ2n) is 10.2. The normalized spacial score (nSPS) is 16.9. The fourth-order valence-electron chi connectivity index (χ4n) is 4.24. The zero-order chi connectivity index (χ0) is 32.2. The lowest BCUT2D eigenvalue weighted by atomic mass is 9.98. The number of alkyl halides is 2. The standard InChI is InChI=1S/C27H33F2N6O8P/c1-14(2)42-27(39)15(3)34-44(40,43-18-9-8-16-6-4-5-7-17(16)10-18)41-11-19(23(28)29)21(36)22(37)26(38)35-13-33-20-24(30)31-12-32-25(20)35/h4-10,12-15,19,21-23,26,36-38H,11H2,1-3H3,(H,34,40)(H2,30,31,32). The Labute approximate surface area is 250 Å². The van der Waals surface area contributed by atoms with E-state index in [-0.39, 0.29) is 22.7 Å². The van der Waals surface area contributed by atoms with Gasteiger partial charge in [0, 0.05) is 0 Å². The van der Waals surface area contributed by atoms with E-state index in [9.17, 15) is 33.5 Å². The number of imidazole rings is 1. The Morgan fingerprint density at radius 3 is 2.43 bits per heavy atom. The van der Waals surface area contributed by atoms with Gasteiger partial charge in [0.2, 0.25) is 6.43 Å². The molecule has 6 N–H and O–H groups in total. The molecule has 0 aliphatic carbocycles. The van der Waals surface area contributed by atoms with Gasteiger partial charge in [-0.2, -0.15) is 5.09 Å². The number of aromatic nitrogens is 4. The first-order chi connectivity index (χ1) is 20.8. The van der Waals surface area contributed by atoms with Gasteiger partial charge < -0.3 is 30.3 Å². The highest BCUT2D eigenvalue weighted by Crippen LogP contribution is 2.46. The van der Waals surface area contributed by atoms with Crippen molar-refractivity contribution in [1.29, 1.82) is 0 Å². The van der Waals surface area contributed by atoms with Crippen molar-refractivity contribution in [2.45, 2.75) is 57.8 Å². The number of rotatable bonds is 14. The average molecular weight is 639 g/mol. The Morgan fingerprint density at radius 2 is 1.75 bits per heavy atom. The quantitative estimate of drug-likeness (QED) is 0.0997. The number of nitrogens with two attached hydrogens (primary N) is 1. The van der Waals surface area contributed by atoms with Crippen molar-refractivity contribution in [3.63, 3.8) is 0 Å². The first-order valence-corrected chi connectivity index (χ1v) is 15.0. The third-order valence-corrected chi connectivity index (χ3v) is 8.17. The SMILES string of the molecule is CC(C)OC(=O)C(C)NP(=O)(OCC(C(F)F)C(O)C(O)C(O)n1cnc2c(N)ncnc21)Oc1ccc2ccccc2c1. The van der Waals surface area contributed by atoms with Crippen molar-refractivity contribution in [1.82, 2.24) is 24.6 Å². The molecule has 17 heteroatoms. The lowest BCUT2D eigenvalue weighted by Crippen LogP contribution is -2.44. The third kappa shape index (κ3) is 7.64. The van der Waals surface area contributed by atoms with Crippen molar-refractivity contribution < 1.29 is 47.2 Å². The number of carbonyl (C=O) groups is 1. The largest absolute Gasteiger partial charge is 0.462 e. The molecule has 44 heavy (non-hydrogen) atoms. The Balaban J connectivity index is 1.56. The van der Waals surface area contributed by atoms with E-state index in [1.54, 1.807) is 32.0 Å². The Bertz CT molecular complexity index is 1640. The van der Waals surface area contributed by atoms with Crippen LogP contribution in [0, 0.1) is 5.92 Å². The summed E-state index contributed by atoms with van der Waals surface area (Å²) >= 11 is 0. The van der Waals surface area contributed by atoms with Crippen LogP contribution in [0.3, 0.4) is 0 Å². The van der Waals surface area contributed by atoms with Crippen LogP contribution in [-0.2, 0) is 18.6 Å². The molecule has 0 aliphatic heterocycles. The molecule has 0 fully saturated rings. The van der Waals surface area contributed by atoms with E-state index >= 15 is 0 Å². The summed E-state index contributed by atoms with van der Waals surface area (Å²) in [6.07, 6.45) is -8.28. The molecule has 4 rings (SSSR count). The molecule has 0 saturated carbocycles. The number of halogens is 2. The Hall–Kier alpha value is -3.79. The lowest BCUT2D eigenvalue weighted by molar-refractivity contribution is -0.149. The minimum absolute atomic E-state index is 0.0270. The number of aliphatic hydroxyl groups is 3. The van der Waals surface area contributed by atoms with Gasteiger partial charge in [-0.3, -0.25) is 13.9 Å². The molecular formula is C27H33F2N6O8P. The molecule has 0 aliphatic rings. The van der Waals surface area contributed by atoms with Gasteiger partial charge in [-0.1, -0.05) is 30.3 Å². The fraction of sp³-hybridized carbons (Fsp3) is 0.407. The zero-order valence-electron chi connectivity index (χ0n) is 23.9. The topological polar surface area (TPSA) is 204 Å².